The highest BCUT2D eigenvalue weighted by molar-refractivity contribution is 14.1. The zero-order valence-electron chi connectivity index (χ0n) is 16.4. The Morgan fingerprint density at radius 3 is 1.94 bits per heavy atom. The van der Waals surface area contributed by atoms with Gasteiger partial charge in [-0.2, -0.15) is 48.3 Å². The van der Waals surface area contributed by atoms with Crippen molar-refractivity contribution in [2.24, 2.45) is 5.92 Å². The van der Waals surface area contributed by atoms with Gasteiger partial charge < -0.3 is 5.11 Å². The molecule has 0 bridgehead atoms. The molecular weight excluding hydrogens is 622 g/mol. The van der Waals surface area contributed by atoms with Crippen LogP contribution in [0.4, 0.5) is 57.1 Å². The number of carboxylic acid groups (broad SMARTS) is 1. The van der Waals surface area contributed by atoms with Gasteiger partial charge in [0.2, 0.25) is 0 Å². The normalized spacial score (nSPS) is 20.4. The van der Waals surface area contributed by atoms with E-state index in [1.54, 1.807) is 0 Å². The van der Waals surface area contributed by atoms with Gasteiger partial charge >= 0.3 is 35.8 Å². The molecule has 1 aliphatic carbocycles. The smallest absolute Gasteiger partial charge is 0.460 e. The fourth-order valence-corrected chi connectivity index (χ4v) is 3.68. The molecule has 0 heterocycles. The zero-order valence-corrected chi connectivity index (χ0v) is 18.5. The Hall–Kier alpha value is -1.49. The summed E-state index contributed by atoms with van der Waals surface area (Å²) in [6.07, 6.45) is -8.13. The van der Waals surface area contributed by atoms with Crippen LogP contribution in [0.15, 0.2) is 33.5 Å². The van der Waals surface area contributed by atoms with Gasteiger partial charge in [-0.1, -0.05) is 12.2 Å². The number of rotatable bonds is 10. The molecule has 0 aromatic heterocycles. The molecule has 34 heavy (non-hydrogen) atoms. The second-order valence-corrected chi connectivity index (χ2v) is 8.43. The second kappa shape index (κ2) is 9.87. The molecule has 0 saturated carbocycles. The third-order valence-corrected chi connectivity index (χ3v) is 5.26. The first-order valence-corrected chi connectivity index (χ1v) is 10.0. The topological polar surface area (TPSA) is 37.3 Å². The van der Waals surface area contributed by atoms with E-state index in [-0.39, 0.29) is 34.5 Å². The van der Waals surface area contributed by atoms with Gasteiger partial charge in [0.15, 0.2) is 0 Å². The molecule has 1 rings (SSSR count). The number of hydrogen-bond donors (Lipinski definition) is 1. The molecule has 2 nitrogen and oxygen atoms in total. The van der Waals surface area contributed by atoms with Crippen molar-refractivity contribution < 1.29 is 67.0 Å². The van der Waals surface area contributed by atoms with Gasteiger partial charge in [-0.05, 0) is 59.6 Å². The van der Waals surface area contributed by atoms with Gasteiger partial charge in [-0.25, -0.2) is 8.78 Å². The van der Waals surface area contributed by atoms with Crippen LogP contribution in [0.1, 0.15) is 25.7 Å². The summed E-state index contributed by atoms with van der Waals surface area (Å²) >= 11 is 1.50. The van der Waals surface area contributed by atoms with E-state index in [4.69, 9.17) is 5.11 Å². The SMILES string of the molecule is O=C(O)C1C(CCCC=CCC(F)(F)C(F)(F)C(F)(F)C(F)(F)C(F)(F)F)=CC(I)=CC1(F)F. The maximum Gasteiger partial charge on any atom is 0.460 e. The van der Waals surface area contributed by atoms with Crippen molar-refractivity contribution in [2.45, 2.75) is 61.5 Å². The third kappa shape index (κ3) is 5.83. The van der Waals surface area contributed by atoms with Crippen LogP contribution in [-0.2, 0) is 4.79 Å². The minimum atomic E-state index is -7.48. The van der Waals surface area contributed by atoms with E-state index in [9.17, 15) is 61.9 Å². The molecule has 0 saturated heterocycles. The van der Waals surface area contributed by atoms with E-state index in [0.29, 0.717) is 12.2 Å². The number of unbranched alkanes of at least 4 members (excludes halogenated alkanes) is 1. The number of halogens is 14. The van der Waals surface area contributed by atoms with E-state index in [2.05, 4.69) is 0 Å². The lowest BCUT2D eigenvalue weighted by molar-refractivity contribution is -0.421. The molecule has 0 spiro atoms. The first kappa shape index (κ1) is 30.5. The Morgan fingerprint density at radius 1 is 0.941 bits per heavy atom. The van der Waals surface area contributed by atoms with Crippen LogP contribution in [0.25, 0.3) is 0 Å². The highest BCUT2D eigenvalue weighted by Gasteiger charge is 2.86. The van der Waals surface area contributed by atoms with Gasteiger partial charge in [0.1, 0.15) is 5.92 Å². The first-order chi connectivity index (χ1) is 15.0. The van der Waals surface area contributed by atoms with Crippen molar-refractivity contribution >= 4 is 28.6 Å². The van der Waals surface area contributed by atoms with Gasteiger partial charge in [0.05, 0.1) is 0 Å². The lowest BCUT2D eigenvalue weighted by Gasteiger charge is -2.37. The number of carbonyl (C=O) groups is 1. The van der Waals surface area contributed by atoms with Crippen molar-refractivity contribution in [2.75, 3.05) is 0 Å². The van der Waals surface area contributed by atoms with Crippen molar-refractivity contribution in [1.82, 2.24) is 0 Å². The average molecular weight is 636 g/mol. The molecule has 0 aliphatic heterocycles. The van der Waals surface area contributed by atoms with E-state index in [1.807, 2.05) is 0 Å². The highest BCUT2D eigenvalue weighted by Crippen LogP contribution is 2.58. The monoisotopic (exact) mass is 636 g/mol. The minimum Gasteiger partial charge on any atom is -0.481 e. The van der Waals surface area contributed by atoms with Crippen LogP contribution in [0.5, 0.6) is 0 Å². The summed E-state index contributed by atoms with van der Waals surface area (Å²) in [5.74, 6) is -35.9. The summed E-state index contributed by atoms with van der Waals surface area (Å²) < 4.78 is 170. The molecule has 1 aliphatic rings. The summed E-state index contributed by atoms with van der Waals surface area (Å²) in [4.78, 5) is 11.1. The van der Waals surface area contributed by atoms with Crippen LogP contribution in [0, 0.1) is 5.92 Å². The molecule has 0 radical (unpaired) electrons. The van der Waals surface area contributed by atoms with Crippen LogP contribution in [-0.4, -0.2) is 46.9 Å². The summed E-state index contributed by atoms with van der Waals surface area (Å²) in [5.41, 5.74) is -0.247. The summed E-state index contributed by atoms with van der Waals surface area (Å²) in [5, 5.41) is 9.00. The molecule has 1 unspecified atom stereocenters. The average Bonchev–Trinajstić information content (AvgIpc) is 2.61. The van der Waals surface area contributed by atoms with Crippen molar-refractivity contribution in [3.63, 3.8) is 0 Å². The molecule has 0 amide bonds. The Morgan fingerprint density at radius 2 is 1.47 bits per heavy atom. The summed E-state index contributed by atoms with van der Waals surface area (Å²) in [6, 6.07) is 0. The van der Waals surface area contributed by atoms with Gasteiger partial charge in [0, 0.05) is 10.0 Å². The van der Waals surface area contributed by atoms with E-state index < -0.39 is 54.1 Å². The molecular formula is C18H14F13IO2. The molecule has 0 aromatic rings. The van der Waals surface area contributed by atoms with Crippen molar-refractivity contribution in [3.8, 4) is 0 Å². The molecule has 1 atom stereocenters. The molecule has 16 heteroatoms. The second-order valence-electron chi connectivity index (χ2n) is 7.19. The van der Waals surface area contributed by atoms with Crippen molar-refractivity contribution in [3.05, 3.63) is 33.5 Å². The molecule has 196 valence electrons. The zero-order chi connectivity index (χ0) is 27.0. The lowest BCUT2D eigenvalue weighted by Crippen LogP contribution is -2.66. The fourth-order valence-electron chi connectivity index (χ4n) is 2.86. The highest BCUT2D eigenvalue weighted by atomic mass is 127. The Labute approximate surface area is 196 Å². The number of hydrogen-bond acceptors (Lipinski definition) is 1. The first-order valence-electron chi connectivity index (χ1n) is 8.95. The third-order valence-electron chi connectivity index (χ3n) is 4.64. The summed E-state index contributed by atoms with van der Waals surface area (Å²) in [6.45, 7) is 0. The van der Waals surface area contributed by atoms with Crippen LogP contribution in [0.2, 0.25) is 0 Å². The maximum absolute atomic E-state index is 13.9. The molecule has 0 aromatic carbocycles. The van der Waals surface area contributed by atoms with E-state index in [0.717, 1.165) is 6.08 Å². The van der Waals surface area contributed by atoms with Crippen LogP contribution in [0.3, 0.4) is 0 Å². The Balaban J connectivity index is 2.84. The van der Waals surface area contributed by atoms with Crippen molar-refractivity contribution in [1.29, 1.82) is 0 Å². The number of alkyl halides is 13. The van der Waals surface area contributed by atoms with Gasteiger partial charge in [-0.3, -0.25) is 4.79 Å². The lowest BCUT2D eigenvalue weighted by atomic mass is 9.85. The molecule has 1 N–H and O–H groups in total. The minimum absolute atomic E-state index is 0.00380. The van der Waals surface area contributed by atoms with E-state index >= 15 is 0 Å². The quantitative estimate of drug-likeness (QED) is 0.115. The predicted molar refractivity (Wildman–Crippen MR) is 99.7 cm³/mol. The van der Waals surface area contributed by atoms with Gasteiger partial charge in [0.25, 0.3) is 5.92 Å². The summed E-state index contributed by atoms with van der Waals surface area (Å²) in [7, 11) is 0. The van der Waals surface area contributed by atoms with Crippen LogP contribution < -0.4 is 0 Å². The fraction of sp³-hybridized carbons (Fsp3) is 0.611. The van der Waals surface area contributed by atoms with E-state index in [1.165, 1.54) is 22.6 Å². The number of carboxylic acids is 1. The van der Waals surface area contributed by atoms with Crippen LogP contribution >= 0.6 is 22.6 Å². The largest absolute Gasteiger partial charge is 0.481 e. The predicted octanol–water partition coefficient (Wildman–Crippen LogP) is 7.80. The van der Waals surface area contributed by atoms with Gasteiger partial charge in [-0.15, -0.1) is 0 Å². The Bertz CT molecular complexity index is 856. The number of allylic oxidation sites excluding steroid dienone is 5. The number of aliphatic carboxylic acids is 1. The Kier molecular flexibility index (Phi) is 8.87. The maximum atomic E-state index is 13.9. The standard InChI is InChI=1S/C18H14F13IO2/c19-13(20)8-10(32)7-9(11(13)12(33)34)5-3-1-2-4-6-14(21,22)15(23,24)16(25,26)17(27,28)18(29,30)31/h2,4,7-8,11H,1,3,5-6H2,(H,33,34). The molecule has 0 fully saturated rings.